The van der Waals surface area contributed by atoms with Gasteiger partial charge in [0.15, 0.2) is 0 Å². The van der Waals surface area contributed by atoms with Crippen molar-refractivity contribution in [2.75, 3.05) is 38.2 Å². The van der Waals surface area contributed by atoms with Gasteiger partial charge in [-0.3, -0.25) is 14.4 Å². The molecular formula is C22H33N5O3. The van der Waals surface area contributed by atoms with Crippen LogP contribution in [0, 0.1) is 12.8 Å². The van der Waals surface area contributed by atoms with Crippen molar-refractivity contribution in [1.82, 2.24) is 19.6 Å². The lowest BCUT2D eigenvalue weighted by molar-refractivity contribution is 0.0130. The molecule has 1 aromatic carbocycles. The Labute approximate surface area is 177 Å². The SMILES string of the molecule is Cc1c(NC(=O)NCC(CC(C)C)N2CCOCC2)c(=O)n(-c2ccccc2)n1C. The summed E-state index contributed by atoms with van der Waals surface area (Å²) in [5.74, 6) is 0.525. The van der Waals surface area contributed by atoms with Crippen molar-refractivity contribution in [3.8, 4) is 5.69 Å². The van der Waals surface area contributed by atoms with Crippen LogP contribution in [0.5, 0.6) is 0 Å². The van der Waals surface area contributed by atoms with Crippen LogP contribution < -0.4 is 16.2 Å². The van der Waals surface area contributed by atoms with Gasteiger partial charge in [-0.25, -0.2) is 9.48 Å². The van der Waals surface area contributed by atoms with Crippen LogP contribution in [0.4, 0.5) is 10.5 Å². The zero-order valence-corrected chi connectivity index (χ0v) is 18.4. The van der Waals surface area contributed by atoms with E-state index in [1.807, 2.05) is 44.3 Å². The van der Waals surface area contributed by atoms with Crippen LogP contribution in [-0.4, -0.2) is 59.2 Å². The number of carbonyl (C=O) groups is 1. The Bertz CT molecular complexity index is 897. The maximum Gasteiger partial charge on any atom is 0.319 e. The van der Waals surface area contributed by atoms with Crippen LogP contribution in [0.15, 0.2) is 35.1 Å². The maximum atomic E-state index is 13.0. The molecule has 0 bridgehead atoms. The van der Waals surface area contributed by atoms with Crippen molar-refractivity contribution in [2.24, 2.45) is 13.0 Å². The predicted octanol–water partition coefficient (Wildman–Crippen LogP) is 2.35. The van der Waals surface area contributed by atoms with Crippen LogP contribution >= 0.6 is 0 Å². The van der Waals surface area contributed by atoms with Crippen molar-refractivity contribution in [3.05, 3.63) is 46.4 Å². The summed E-state index contributed by atoms with van der Waals surface area (Å²) in [5.41, 5.74) is 1.51. The summed E-state index contributed by atoms with van der Waals surface area (Å²) in [4.78, 5) is 28.0. The third kappa shape index (κ3) is 5.12. The van der Waals surface area contributed by atoms with Crippen LogP contribution in [0.1, 0.15) is 26.0 Å². The second kappa shape index (κ2) is 9.95. The number of morpholine rings is 1. The molecule has 1 fully saturated rings. The number of aromatic nitrogens is 2. The second-order valence-electron chi connectivity index (χ2n) is 8.20. The van der Waals surface area contributed by atoms with E-state index in [9.17, 15) is 9.59 Å². The number of para-hydroxylation sites is 1. The molecule has 2 heterocycles. The maximum absolute atomic E-state index is 13.0. The summed E-state index contributed by atoms with van der Waals surface area (Å²) in [6.07, 6.45) is 0.992. The molecule has 2 amide bonds. The number of anilines is 1. The van der Waals surface area contributed by atoms with Gasteiger partial charge in [-0.05, 0) is 31.4 Å². The summed E-state index contributed by atoms with van der Waals surface area (Å²) < 4.78 is 8.76. The molecule has 0 spiro atoms. The highest BCUT2D eigenvalue weighted by molar-refractivity contribution is 5.89. The lowest BCUT2D eigenvalue weighted by atomic mass is 10.0. The van der Waals surface area contributed by atoms with E-state index in [1.165, 1.54) is 0 Å². The number of nitrogens with one attached hydrogen (secondary N) is 2. The van der Waals surface area contributed by atoms with Gasteiger partial charge < -0.3 is 15.4 Å². The van der Waals surface area contributed by atoms with Gasteiger partial charge in [0.05, 0.1) is 24.6 Å². The van der Waals surface area contributed by atoms with E-state index in [1.54, 1.807) is 9.36 Å². The number of nitrogens with zero attached hydrogens (tertiary/aromatic N) is 3. The molecule has 164 valence electrons. The first-order valence-corrected chi connectivity index (χ1v) is 10.6. The van der Waals surface area contributed by atoms with E-state index < -0.39 is 0 Å². The van der Waals surface area contributed by atoms with Crippen LogP contribution in [-0.2, 0) is 11.8 Å². The number of carbonyl (C=O) groups excluding carboxylic acids is 1. The highest BCUT2D eigenvalue weighted by Crippen LogP contribution is 2.15. The topological polar surface area (TPSA) is 80.5 Å². The average molecular weight is 416 g/mol. The number of hydrogen-bond donors (Lipinski definition) is 2. The van der Waals surface area contributed by atoms with Gasteiger partial charge in [-0.1, -0.05) is 32.0 Å². The Kier molecular flexibility index (Phi) is 7.33. The molecule has 0 radical (unpaired) electrons. The summed E-state index contributed by atoms with van der Waals surface area (Å²) >= 11 is 0. The fourth-order valence-corrected chi connectivity index (χ4v) is 3.93. The quantitative estimate of drug-likeness (QED) is 0.728. The third-order valence-electron chi connectivity index (χ3n) is 5.60. The number of rotatable bonds is 7. The summed E-state index contributed by atoms with van der Waals surface area (Å²) in [7, 11) is 1.81. The Morgan fingerprint density at radius 2 is 1.83 bits per heavy atom. The van der Waals surface area contributed by atoms with Crippen LogP contribution in [0.2, 0.25) is 0 Å². The number of ether oxygens (including phenoxy) is 1. The first kappa shape index (κ1) is 22.1. The van der Waals surface area contributed by atoms with Gasteiger partial charge in [0.1, 0.15) is 5.69 Å². The summed E-state index contributed by atoms with van der Waals surface area (Å²) in [5, 5.41) is 5.74. The fraction of sp³-hybridized carbons (Fsp3) is 0.545. The van der Waals surface area contributed by atoms with Crippen molar-refractivity contribution < 1.29 is 9.53 Å². The molecule has 30 heavy (non-hydrogen) atoms. The molecule has 3 rings (SSSR count). The molecule has 1 aliphatic rings. The first-order chi connectivity index (χ1) is 14.4. The van der Waals surface area contributed by atoms with Crippen LogP contribution in [0.25, 0.3) is 5.69 Å². The Morgan fingerprint density at radius 3 is 2.47 bits per heavy atom. The monoisotopic (exact) mass is 415 g/mol. The smallest absolute Gasteiger partial charge is 0.319 e. The normalized spacial score (nSPS) is 15.9. The molecule has 2 N–H and O–H groups in total. The zero-order chi connectivity index (χ0) is 21.7. The highest BCUT2D eigenvalue weighted by atomic mass is 16.5. The number of amides is 2. The highest BCUT2D eigenvalue weighted by Gasteiger charge is 2.23. The number of hydrogen-bond acceptors (Lipinski definition) is 4. The number of urea groups is 1. The third-order valence-corrected chi connectivity index (χ3v) is 5.60. The van der Waals surface area contributed by atoms with Gasteiger partial charge in [0, 0.05) is 32.7 Å². The van der Waals surface area contributed by atoms with Crippen molar-refractivity contribution in [3.63, 3.8) is 0 Å². The lowest BCUT2D eigenvalue weighted by Gasteiger charge is -2.35. The zero-order valence-electron chi connectivity index (χ0n) is 18.4. The molecule has 1 aromatic heterocycles. The van der Waals surface area contributed by atoms with Crippen LogP contribution in [0.3, 0.4) is 0 Å². The minimum atomic E-state index is -0.358. The molecule has 8 heteroatoms. The largest absolute Gasteiger partial charge is 0.379 e. The first-order valence-electron chi connectivity index (χ1n) is 10.6. The van der Waals surface area contributed by atoms with Crippen molar-refractivity contribution >= 4 is 11.7 Å². The number of benzene rings is 1. The minimum absolute atomic E-state index is 0.247. The molecule has 2 aromatic rings. The molecule has 1 aliphatic heterocycles. The molecule has 8 nitrogen and oxygen atoms in total. The van der Waals surface area contributed by atoms with Crippen molar-refractivity contribution in [2.45, 2.75) is 33.2 Å². The van der Waals surface area contributed by atoms with Gasteiger partial charge in [-0.2, -0.15) is 0 Å². The Hall–Kier alpha value is -2.58. The van der Waals surface area contributed by atoms with E-state index in [4.69, 9.17) is 4.74 Å². The van der Waals surface area contributed by atoms with E-state index in [2.05, 4.69) is 29.4 Å². The molecule has 0 saturated carbocycles. The van der Waals surface area contributed by atoms with Gasteiger partial charge in [0.25, 0.3) is 5.56 Å². The standard InChI is InChI=1S/C22H33N5O3/c1-16(2)14-19(26-10-12-30-13-11-26)15-23-22(29)24-20-17(3)25(4)27(21(20)28)18-8-6-5-7-9-18/h5-9,16,19H,10-15H2,1-4H3,(H2,23,24,29). The molecule has 1 unspecified atom stereocenters. The Balaban J connectivity index is 1.69. The van der Waals surface area contributed by atoms with E-state index >= 15 is 0 Å². The molecular weight excluding hydrogens is 382 g/mol. The average Bonchev–Trinajstić information content (AvgIpc) is 2.95. The van der Waals surface area contributed by atoms with Gasteiger partial charge in [0.2, 0.25) is 0 Å². The molecule has 1 saturated heterocycles. The van der Waals surface area contributed by atoms with Gasteiger partial charge in [-0.15, -0.1) is 0 Å². The van der Waals surface area contributed by atoms with Gasteiger partial charge >= 0.3 is 6.03 Å². The van der Waals surface area contributed by atoms with E-state index in [0.29, 0.717) is 23.8 Å². The van der Waals surface area contributed by atoms with E-state index in [-0.39, 0.29) is 17.6 Å². The fourth-order valence-electron chi connectivity index (χ4n) is 3.93. The second-order valence-corrected chi connectivity index (χ2v) is 8.20. The summed E-state index contributed by atoms with van der Waals surface area (Å²) in [6, 6.07) is 9.28. The minimum Gasteiger partial charge on any atom is -0.379 e. The van der Waals surface area contributed by atoms with Crippen molar-refractivity contribution in [1.29, 1.82) is 0 Å². The predicted molar refractivity (Wildman–Crippen MR) is 118 cm³/mol. The lowest BCUT2D eigenvalue weighted by Crippen LogP contribution is -2.50. The summed E-state index contributed by atoms with van der Waals surface area (Å²) in [6.45, 7) is 9.93. The molecule has 1 atom stereocenters. The molecule has 0 aliphatic carbocycles. The Morgan fingerprint density at radius 1 is 1.17 bits per heavy atom. The van der Waals surface area contributed by atoms with E-state index in [0.717, 1.165) is 38.4 Å².